The van der Waals surface area contributed by atoms with Crippen molar-refractivity contribution in [2.24, 2.45) is 0 Å². The number of rotatable bonds is 6. The predicted molar refractivity (Wildman–Crippen MR) is 101 cm³/mol. The van der Waals surface area contributed by atoms with Crippen LogP contribution in [0.5, 0.6) is 0 Å². The molecule has 0 spiro atoms. The third-order valence-electron chi connectivity index (χ3n) is 4.23. The fourth-order valence-corrected chi connectivity index (χ4v) is 4.89. The van der Waals surface area contributed by atoms with E-state index in [-0.39, 0.29) is 50.0 Å². The Kier molecular flexibility index (Phi) is 6.25. The number of piperazine rings is 1. The predicted octanol–water partition coefficient (Wildman–Crippen LogP) is 1.37. The molecule has 0 bridgehead atoms. The van der Waals surface area contributed by atoms with Crippen LogP contribution in [0.15, 0.2) is 52.7 Å². The number of sulfonamides is 1. The Morgan fingerprint density at radius 1 is 1.00 bits per heavy atom. The summed E-state index contributed by atoms with van der Waals surface area (Å²) in [5.41, 5.74) is 0. The van der Waals surface area contributed by atoms with Gasteiger partial charge in [0.25, 0.3) is 5.91 Å². The average molecular weight is 409 g/mol. The van der Waals surface area contributed by atoms with E-state index in [4.69, 9.17) is 4.74 Å². The highest BCUT2D eigenvalue weighted by atomic mass is 32.2. The summed E-state index contributed by atoms with van der Waals surface area (Å²) in [5, 5.41) is 1.87. The van der Waals surface area contributed by atoms with Crippen molar-refractivity contribution in [3.05, 3.63) is 52.7 Å². The summed E-state index contributed by atoms with van der Waals surface area (Å²) in [5.74, 6) is -0.762. The van der Waals surface area contributed by atoms with E-state index in [2.05, 4.69) is 0 Å². The molecule has 1 aliphatic heterocycles. The summed E-state index contributed by atoms with van der Waals surface area (Å²) in [7, 11) is -3.55. The Balaban J connectivity index is 1.47. The molecule has 0 aliphatic carbocycles. The number of amides is 1. The van der Waals surface area contributed by atoms with Crippen LogP contribution in [-0.2, 0) is 30.8 Å². The second-order valence-electron chi connectivity index (χ2n) is 6.01. The largest absolute Gasteiger partial charge is 0.455 e. The Morgan fingerprint density at radius 3 is 2.33 bits per heavy atom. The monoisotopic (exact) mass is 408 g/mol. The maximum absolute atomic E-state index is 12.6. The molecule has 1 aromatic heterocycles. The number of carbonyl (C=O) groups excluding carboxylic acids is 2. The van der Waals surface area contributed by atoms with E-state index in [1.807, 2.05) is 17.5 Å². The van der Waals surface area contributed by atoms with Crippen LogP contribution in [0.1, 0.15) is 4.88 Å². The van der Waals surface area contributed by atoms with Crippen molar-refractivity contribution < 1.29 is 22.7 Å². The second kappa shape index (κ2) is 8.64. The van der Waals surface area contributed by atoms with E-state index in [9.17, 15) is 18.0 Å². The molecule has 0 radical (unpaired) electrons. The van der Waals surface area contributed by atoms with E-state index >= 15 is 0 Å². The zero-order valence-corrected chi connectivity index (χ0v) is 16.2. The third kappa shape index (κ3) is 4.94. The Bertz CT molecular complexity index is 874. The molecule has 1 saturated heterocycles. The first-order chi connectivity index (χ1) is 13.0. The molecule has 1 fully saturated rings. The number of esters is 1. The minimum absolute atomic E-state index is 0.147. The number of ether oxygens (including phenoxy) is 1. The van der Waals surface area contributed by atoms with Gasteiger partial charge < -0.3 is 9.64 Å². The molecular weight excluding hydrogens is 388 g/mol. The van der Waals surface area contributed by atoms with Crippen LogP contribution in [0.3, 0.4) is 0 Å². The average Bonchev–Trinajstić information content (AvgIpc) is 3.20. The third-order valence-corrected chi connectivity index (χ3v) is 7.02. The lowest BCUT2D eigenvalue weighted by Crippen LogP contribution is -2.51. The molecular formula is C18H20N2O5S2. The number of hydrogen-bond acceptors (Lipinski definition) is 6. The lowest BCUT2D eigenvalue weighted by molar-refractivity contribution is -0.151. The topological polar surface area (TPSA) is 84.0 Å². The second-order valence-corrected chi connectivity index (χ2v) is 8.98. The first kappa shape index (κ1) is 19.5. The molecule has 0 saturated carbocycles. The molecule has 1 aromatic carbocycles. The van der Waals surface area contributed by atoms with Crippen molar-refractivity contribution in [1.29, 1.82) is 0 Å². The highest BCUT2D eigenvalue weighted by molar-refractivity contribution is 7.89. The number of hydrogen-bond donors (Lipinski definition) is 0. The molecule has 3 rings (SSSR count). The quantitative estimate of drug-likeness (QED) is 0.674. The number of thiophene rings is 1. The van der Waals surface area contributed by atoms with Gasteiger partial charge in [0.15, 0.2) is 6.61 Å². The van der Waals surface area contributed by atoms with Crippen LogP contribution in [0.2, 0.25) is 0 Å². The first-order valence-corrected chi connectivity index (χ1v) is 10.8. The van der Waals surface area contributed by atoms with Crippen LogP contribution in [0.4, 0.5) is 0 Å². The summed E-state index contributed by atoms with van der Waals surface area (Å²) in [6.45, 7) is 0.647. The minimum atomic E-state index is -3.55. The minimum Gasteiger partial charge on any atom is -0.455 e. The van der Waals surface area contributed by atoms with Crippen molar-refractivity contribution in [3.63, 3.8) is 0 Å². The molecule has 2 heterocycles. The number of carbonyl (C=O) groups is 2. The normalized spacial score (nSPS) is 15.5. The Labute approximate surface area is 162 Å². The molecule has 9 heteroatoms. The van der Waals surface area contributed by atoms with Gasteiger partial charge in [-0.15, -0.1) is 11.3 Å². The van der Waals surface area contributed by atoms with Crippen LogP contribution in [0.25, 0.3) is 0 Å². The van der Waals surface area contributed by atoms with Crippen molar-refractivity contribution in [1.82, 2.24) is 9.21 Å². The number of nitrogens with zero attached hydrogens (tertiary/aromatic N) is 2. The van der Waals surface area contributed by atoms with Gasteiger partial charge in [0.2, 0.25) is 10.0 Å². The zero-order chi connectivity index (χ0) is 19.3. The fourth-order valence-electron chi connectivity index (χ4n) is 2.76. The standard InChI is InChI=1S/C18H20N2O5S2/c21-17(14-25-18(22)13-15-5-4-12-26-15)19-8-10-20(11-9-19)27(23,24)16-6-2-1-3-7-16/h1-7,12H,8-11,13-14H2. The fraction of sp³-hybridized carbons (Fsp3) is 0.333. The maximum Gasteiger partial charge on any atom is 0.311 e. The lowest BCUT2D eigenvalue weighted by atomic mass is 10.3. The van der Waals surface area contributed by atoms with Gasteiger partial charge in [-0.05, 0) is 23.6 Å². The summed E-state index contributed by atoms with van der Waals surface area (Å²) in [6.07, 6.45) is 0.147. The highest BCUT2D eigenvalue weighted by Crippen LogP contribution is 2.17. The van der Waals surface area contributed by atoms with E-state index in [0.29, 0.717) is 0 Å². The number of benzene rings is 1. The van der Waals surface area contributed by atoms with E-state index < -0.39 is 16.0 Å². The van der Waals surface area contributed by atoms with Gasteiger partial charge in [-0.2, -0.15) is 4.31 Å². The van der Waals surface area contributed by atoms with Gasteiger partial charge in [-0.1, -0.05) is 24.3 Å². The van der Waals surface area contributed by atoms with E-state index in [1.54, 1.807) is 30.3 Å². The van der Waals surface area contributed by atoms with Gasteiger partial charge in [0.05, 0.1) is 11.3 Å². The van der Waals surface area contributed by atoms with Crippen molar-refractivity contribution in [2.45, 2.75) is 11.3 Å². The van der Waals surface area contributed by atoms with Gasteiger partial charge in [0, 0.05) is 31.1 Å². The molecule has 7 nitrogen and oxygen atoms in total. The molecule has 27 heavy (non-hydrogen) atoms. The molecule has 0 unspecified atom stereocenters. The molecule has 2 aromatic rings. The van der Waals surface area contributed by atoms with E-state index in [0.717, 1.165) is 4.88 Å². The first-order valence-electron chi connectivity index (χ1n) is 8.48. The van der Waals surface area contributed by atoms with Gasteiger partial charge in [0.1, 0.15) is 0 Å². The molecule has 1 amide bonds. The summed E-state index contributed by atoms with van der Waals surface area (Å²) in [4.78, 5) is 26.6. The summed E-state index contributed by atoms with van der Waals surface area (Å²) < 4.78 is 31.6. The lowest BCUT2D eigenvalue weighted by Gasteiger charge is -2.33. The van der Waals surface area contributed by atoms with Gasteiger partial charge >= 0.3 is 5.97 Å². The molecule has 0 N–H and O–H groups in total. The van der Waals surface area contributed by atoms with Gasteiger partial charge in [-0.3, -0.25) is 9.59 Å². The van der Waals surface area contributed by atoms with Crippen LogP contribution in [0, 0.1) is 0 Å². The molecule has 1 aliphatic rings. The van der Waals surface area contributed by atoms with Crippen LogP contribution >= 0.6 is 11.3 Å². The van der Waals surface area contributed by atoms with E-state index in [1.165, 1.54) is 20.5 Å². The van der Waals surface area contributed by atoms with Crippen LogP contribution in [-0.4, -0.2) is 62.3 Å². The SMILES string of the molecule is O=C(Cc1cccs1)OCC(=O)N1CCN(S(=O)(=O)c2ccccc2)CC1. The Hall–Kier alpha value is -2.23. The van der Waals surface area contributed by atoms with Gasteiger partial charge in [-0.25, -0.2) is 8.42 Å². The van der Waals surface area contributed by atoms with Crippen molar-refractivity contribution in [2.75, 3.05) is 32.8 Å². The van der Waals surface area contributed by atoms with Crippen molar-refractivity contribution >= 4 is 33.2 Å². The van der Waals surface area contributed by atoms with Crippen LogP contribution < -0.4 is 0 Å². The highest BCUT2D eigenvalue weighted by Gasteiger charge is 2.30. The summed E-state index contributed by atoms with van der Waals surface area (Å²) in [6, 6.07) is 11.9. The molecule has 144 valence electrons. The summed E-state index contributed by atoms with van der Waals surface area (Å²) >= 11 is 1.46. The smallest absolute Gasteiger partial charge is 0.311 e. The zero-order valence-electron chi connectivity index (χ0n) is 14.6. The molecule has 0 atom stereocenters. The Morgan fingerprint density at radius 2 is 1.70 bits per heavy atom. The van der Waals surface area contributed by atoms with Crippen molar-refractivity contribution in [3.8, 4) is 0 Å². The maximum atomic E-state index is 12.6.